The van der Waals surface area contributed by atoms with Gasteiger partial charge in [0.15, 0.2) is 0 Å². The molecule has 7 heteroatoms. The van der Waals surface area contributed by atoms with E-state index in [-0.39, 0.29) is 25.7 Å². The number of hydrogen-bond acceptors (Lipinski definition) is 1. The van der Waals surface area contributed by atoms with Crippen molar-refractivity contribution in [3.63, 3.8) is 0 Å². The molecule has 0 heterocycles. The molecule has 0 saturated carbocycles. The van der Waals surface area contributed by atoms with E-state index in [1.54, 1.807) is 0 Å². The molecule has 0 aliphatic rings. The van der Waals surface area contributed by atoms with Gasteiger partial charge in [-0.25, -0.2) is 0 Å². The van der Waals surface area contributed by atoms with E-state index in [0.29, 0.717) is 4.47 Å². The quantitative estimate of drug-likeness (QED) is 0.372. The molecule has 14 heavy (non-hydrogen) atoms. The first-order valence-electron chi connectivity index (χ1n) is 3.09. The van der Waals surface area contributed by atoms with E-state index < -0.39 is 5.24 Å². The molecule has 0 N–H and O–H groups in total. The molecule has 0 atom stereocenters. The van der Waals surface area contributed by atoms with Crippen molar-refractivity contribution >= 4 is 79.2 Å². The van der Waals surface area contributed by atoms with Crippen molar-refractivity contribution in [2.75, 3.05) is 0 Å². The molecule has 0 amide bonds. The molecular formula is C7BrCl5O. The zero-order valence-corrected chi connectivity index (χ0v) is 11.5. The fourth-order valence-corrected chi connectivity index (χ4v) is 2.71. The second kappa shape index (κ2) is 4.77. The smallest absolute Gasteiger partial charge is 0.255 e. The predicted molar refractivity (Wildman–Crippen MR) is 64.4 cm³/mol. The fourth-order valence-electron chi connectivity index (χ4n) is 0.777. The number of rotatable bonds is 1. The highest BCUT2D eigenvalue weighted by atomic mass is 79.9. The van der Waals surface area contributed by atoms with Crippen LogP contribution in [0.15, 0.2) is 4.47 Å². The second-order valence-electron chi connectivity index (χ2n) is 2.22. The summed E-state index contributed by atoms with van der Waals surface area (Å²) in [6.45, 7) is 0. The van der Waals surface area contributed by atoms with Crippen molar-refractivity contribution in [1.82, 2.24) is 0 Å². The topological polar surface area (TPSA) is 17.1 Å². The highest BCUT2D eigenvalue weighted by Crippen LogP contribution is 2.44. The third-order valence-electron chi connectivity index (χ3n) is 1.41. The molecule has 76 valence electrons. The zero-order valence-electron chi connectivity index (χ0n) is 6.18. The summed E-state index contributed by atoms with van der Waals surface area (Å²) in [6.07, 6.45) is 0. The molecule has 0 unspecified atom stereocenters. The summed E-state index contributed by atoms with van der Waals surface area (Å²) in [4.78, 5) is 11.0. The first-order valence-corrected chi connectivity index (χ1v) is 5.77. The van der Waals surface area contributed by atoms with Gasteiger partial charge in [-0.1, -0.05) is 46.4 Å². The SMILES string of the molecule is O=C(Cl)c1c(Cl)c(Cl)c(Br)c(Cl)c1Cl. The van der Waals surface area contributed by atoms with Gasteiger partial charge >= 0.3 is 0 Å². The van der Waals surface area contributed by atoms with Gasteiger partial charge in [0.05, 0.1) is 30.1 Å². The van der Waals surface area contributed by atoms with Crippen LogP contribution in [0.3, 0.4) is 0 Å². The van der Waals surface area contributed by atoms with Crippen LogP contribution in [-0.4, -0.2) is 5.24 Å². The monoisotopic (exact) mass is 354 g/mol. The molecule has 0 radical (unpaired) electrons. The van der Waals surface area contributed by atoms with Gasteiger partial charge in [0, 0.05) is 0 Å². The molecule has 0 saturated heterocycles. The molecular weight excluding hydrogens is 357 g/mol. The summed E-state index contributed by atoms with van der Waals surface area (Å²) in [5.74, 6) is 0. The molecule has 0 aliphatic carbocycles. The van der Waals surface area contributed by atoms with Gasteiger partial charge in [-0.15, -0.1) is 0 Å². The number of carbonyl (C=O) groups excluding carboxylic acids is 1. The standard InChI is InChI=1S/C7BrCl5O/c8-2-5(11)3(9)1(7(13)14)4(10)6(2)12. The minimum atomic E-state index is -0.809. The van der Waals surface area contributed by atoms with E-state index >= 15 is 0 Å². The van der Waals surface area contributed by atoms with Gasteiger partial charge in [0.1, 0.15) is 0 Å². The lowest BCUT2D eigenvalue weighted by molar-refractivity contribution is 0.108. The first kappa shape index (κ1) is 12.9. The Balaban J connectivity index is 3.68. The van der Waals surface area contributed by atoms with E-state index in [4.69, 9.17) is 58.0 Å². The highest BCUT2D eigenvalue weighted by molar-refractivity contribution is 9.10. The molecule has 1 rings (SSSR count). The van der Waals surface area contributed by atoms with Gasteiger partial charge in [-0.3, -0.25) is 4.79 Å². The first-order chi connectivity index (χ1) is 6.37. The van der Waals surface area contributed by atoms with Gasteiger partial charge in [-0.2, -0.15) is 0 Å². The molecule has 1 aromatic rings. The predicted octanol–water partition coefficient (Wildman–Crippen LogP) is 5.44. The van der Waals surface area contributed by atoms with E-state index in [9.17, 15) is 4.79 Å². The molecule has 0 bridgehead atoms. The van der Waals surface area contributed by atoms with Crippen molar-refractivity contribution in [2.45, 2.75) is 0 Å². The van der Waals surface area contributed by atoms with Crippen LogP contribution in [0, 0.1) is 0 Å². The van der Waals surface area contributed by atoms with Gasteiger partial charge in [0.2, 0.25) is 0 Å². The van der Waals surface area contributed by atoms with Gasteiger partial charge in [0.25, 0.3) is 5.24 Å². The van der Waals surface area contributed by atoms with Crippen LogP contribution in [0.4, 0.5) is 0 Å². The van der Waals surface area contributed by atoms with Crippen molar-refractivity contribution in [3.05, 3.63) is 30.1 Å². The largest absolute Gasteiger partial charge is 0.275 e. The van der Waals surface area contributed by atoms with Crippen LogP contribution >= 0.6 is 73.9 Å². The maximum absolute atomic E-state index is 11.0. The summed E-state index contributed by atoms with van der Waals surface area (Å²) in [6, 6.07) is 0. The summed E-state index contributed by atoms with van der Waals surface area (Å²) in [5.41, 5.74) is -0.0896. The lowest BCUT2D eigenvalue weighted by atomic mass is 10.2. The Labute approximate surface area is 113 Å². The normalized spacial score (nSPS) is 10.4. The van der Waals surface area contributed by atoms with E-state index in [2.05, 4.69) is 15.9 Å². The van der Waals surface area contributed by atoms with Crippen molar-refractivity contribution in [1.29, 1.82) is 0 Å². The minimum absolute atomic E-state index is 0.0204. The number of halogens is 6. The number of hydrogen-bond donors (Lipinski definition) is 0. The molecule has 1 aromatic carbocycles. The van der Waals surface area contributed by atoms with Crippen LogP contribution in [0.25, 0.3) is 0 Å². The molecule has 0 aromatic heterocycles. The van der Waals surface area contributed by atoms with Crippen molar-refractivity contribution in [2.24, 2.45) is 0 Å². The van der Waals surface area contributed by atoms with E-state index in [1.807, 2.05) is 0 Å². The van der Waals surface area contributed by atoms with Crippen LogP contribution < -0.4 is 0 Å². The second-order valence-corrected chi connectivity index (χ2v) is 4.87. The van der Waals surface area contributed by atoms with Crippen LogP contribution in [-0.2, 0) is 0 Å². The highest BCUT2D eigenvalue weighted by Gasteiger charge is 2.22. The lowest BCUT2D eigenvalue weighted by Crippen LogP contribution is -1.94. The lowest BCUT2D eigenvalue weighted by Gasteiger charge is -2.08. The molecule has 0 aliphatic heterocycles. The fraction of sp³-hybridized carbons (Fsp3) is 0. The van der Waals surface area contributed by atoms with Gasteiger partial charge in [-0.05, 0) is 27.5 Å². The maximum atomic E-state index is 11.0. The third-order valence-corrected chi connectivity index (χ3v) is 4.55. The average Bonchev–Trinajstić information content (AvgIpc) is 2.11. The average molecular weight is 357 g/mol. The van der Waals surface area contributed by atoms with Crippen LogP contribution in [0.1, 0.15) is 10.4 Å². The summed E-state index contributed by atoms with van der Waals surface area (Å²) >= 11 is 31.4. The Bertz CT molecular complexity index is 388. The summed E-state index contributed by atoms with van der Waals surface area (Å²) in [7, 11) is 0. The Morgan fingerprint density at radius 3 is 1.57 bits per heavy atom. The van der Waals surface area contributed by atoms with Crippen molar-refractivity contribution in [3.8, 4) is 0 Å². The van der Waals surface area contributed by atoms with Crippen LogP contribution in [0.5, 0.6) is 0 Å². The Kier molecular flexibility index (Phi) is 4.39. The summed E-state index contributed by atoms with van der Waals surface area (Å²) < 4.78 is 0.331. The molecule has 1 nitrogen and oxygen atoms in total. The maximum Gasteiger partial charge on any atom is 0.255 e. The summed E-state index contributed by atoms with van der Waals surface area (Å²) in [5, 5.41) is -0.646. The van der Waals surface area contributed by atoms with Gasteiger partial charge < -0.3 is 0 Å². The third kappa shape index (κ3) is 2.16. The van der Waals surface area contributed by atoms with Crippen molar-refractivity contribution < 1.29 is 4.79 Å². The molecule has 0 fully saturated rings. The zero-order chi connectivity index (χ0) is 11.0. The number of benzene rings is 1. The van der Waals surface area contributed by atoms with E-state index in [1.165, 1.54) is 0 Å². The minimum Gasteiger partial charge on any atom is -0.275 e. The Morgan fingerprint density at radius 2 is 1.29 bits per heavy atom. The Morgan fingerprint density at radius 1 is 0.929 bits per heavy atom. The van der Waals surface area contributed by atoms with E-state index in [0.717, 1.165) is 0 Å². The number of carbonyl (C=O) groups is 1. The molecule has 0 spiro atoms. The van der Waals surface area contributed by atoms with Crippen LogP contribution in [0.2, 0.25) is 20.1 Å². The Hall–Kier alpha value is 0.820.